The van der Waals surface area contributed by atoms with Crippen molar-refractivity contribution in [2.75, 3.05) is 0 Å². The molecule has 9 heteroatoms. The molecular formula is C6H7F7OS. The average Bonchev–Trinajstić information content (AvgIpc) is 2.01. The number of alkyl halides is 7. The van der Waals surface area contributed by atoms with Crippen LogP contribution in [0.1, 0.15) is 13.8 Å². The fourth-order valence-corrected chi connectivity index (χ4v) is 0.980. The van der Waals surface area contributed by atoms with Crippen LogP contribution in [0.3, 0.4) is 0 Å². The number of hydrogen-bond donors (Lipinski definition) is 1. The summed E-state index contributed by atoms with van der Waals surface area (Å²) in [6.45, 7) is -0.781. The maximum Gasteiger partial charge on any atom is 0.356 e. The molecule has 0 aromatic carbocycles. The lowest BCUT2D eigenvalue weighted by atomic mass is 9.95. The van der Waals surface area contributed by atoms with Gasteiger partial charge in [-0.1, -0.05) is 0 Å². The fourth-order valence-electron chi connectivity index (χ4n) is 0.681. The van der Waals surface area contributed by atoms with E-state index in [2.05, 4.69) is 0 Å². The van der Waals surface area contributed by atoms with Gasteiger partial charge >= 0.3 is 17.1 Å². The van der Waals surface area contributed by atoms with Crippen LogP contribution in [-0.2, 0) is 0 Å². The van der Waals surface area contributed by atoms with E-state index in [4.69, 9.17) is 4.55 Å². The van der Waals surface area contributed by atoms with E-state index < -0.39 is 41.7 Å². The molecule has 0 spiro atoms. The Balaban J connectivity index is 5.38. The molecule has 0 aliphatic heterocycles. The van der Waals surface area contributed by atoms with Crippen LogP contribution in [-0.4, -0.2) is 27.3 Å². The maximum atomic E-state index is 13.0. The van der Waals surface area contributed by atoms with Gasteiger partial charge in [-0.25, -0.2) is 13.2 Å². The number of hydrogen-bond acceptors (Lipinski definition) is 2. The van der Waals surface area contributed by atoms with Crippen molar-refractivity contribution in [3.63, 3.8) is 0 Å². The molecule has 0 aliphatic rings. The van der Waals surface area contributed by atoms with Gasteiger partial charge in [0.2, 0.25) is 0 Å². The monoisotopic (exact) mass is 260 g/mol. The summed E-state index contributed by atoms with van der Waals surface area (Å²) < 4.78 is 95.7. The zero-order valence-electron chi connectivity index (χ0n) is 7.50. The molecule has 0 aromatic heterocycles. The van der Waals surface area contributed by atoms with Crippen molar-refractivity contribution in [2.45, 2.75) is 36.6 Å². The lowest BCUT2D eigenvalue weighted by Crippen LogP contribution is -2.60. The van der Waals surface area contributed by atoms with Crippen molar-refractivity contribution in [1.82, 2.24) is 0 Å². The summed E-state index contributed by atoms with van der Waals surface area (Å²) in [5.74, 6) is -10.6. The van der Waals surface area contributed by atoms with Crippen LogP contribution in [0.15, 0.2) is 0 Å². The van der Waals surface area contributed by atoms with Gasteiger partial charge in [-0.05, 0) is 6.92 Å². The highest BCUT2D eigenvalue weighted by atomic mass is 32.2. The van der Waals surface area contributed by atoms with Crippen molar-refractivity contribution in [2.24, 2.45) is 0 Å². The highest BCUT2D eigenvalue weighted by Crippen LogP contribution is 2.54. The van der Waals surface area contributed by atoms with Gasteiger partial charge in [0, 0.05) is 6.92 Å². The predicted molar refractivity (Wildman–Crippen MR) is 40.2 cm³/mol. The van der Waals surface area contributed by atoms with E-state index in [1.54, 1.807) is 0 Å². The molecule has 0 aliphatic carbocycles. The first-order valence-electron chi connectivity index (χ1n) is 3.46. The van der Waals surface area contributed by atoms with E-state index in [0.717, 1.165) is 0 Å². The second-order valence-corrected chi connectivity index (χ2v) is 3.77. The normalized spacial score (nSPS) is 18.8. The molecule has 0 saturated carbocycles. The van der Waals surface area contributed by atoms with Gasteiger partial charge in [0.25, 0.3) is 5.67 Å². The van der Waals surface area contributed by atoms with E-state index >= 15 is 0 Å². The van der Waals surface area contributed by atoms with Crippen LogP contribution in [0, 0.1) is 0 Å². The molecule has 0 bridgehead atoms. The molecular weight excluding hydrogens is 253 g/mol. The Hall–Kier alpha value is -0.180. The van der Waals surface area contributed by atoms with Crippen LogP contribution in [0.25, 0.3) is 0 Å². The third-order valence-electron chi connectivity index (χ3n) is 1.80. The lowest BCUT2D eigenvalue weighted by Gasteiger charge is -2.37. The highest BCUT2D eigenvalue weighted by molar-refractivity contribution is 7.94. The van der Waals surface area contributed by atoms with Gasteiger partial charge in [-0.2, -0.15) is 17.6 Å². The summed E-state index contributed by atoms with van der Waals surface area (Å²) in [6.07, 6.45) is 0. The van der Waals surface area contributed by atoms with Crippen LogP contribution in [0.5, 0.6) is 0 Å². The topological polar surface area (TPSA) is 20.2 Å². The largest absolute Gasteiger partial charge is 0.356 e. The first kappa shape index (κ1) is 14.8. The van der Waals surface area contributed by atoms with Crippen LogP contribution in [0.2, 0.25) is 0 Å². The van der Waals surface area contributed by atoms with Gasteiger partial charge in [0.1, 0.15) is 0 Å². The summed E-state index contributed by atoms with van der Waals surface area (Å²) in [5, 5.41) is -5.05. The molecule has 1 unspecified atom stereocenters. The van der Waals surface area contributed by atoms with Crippen molar-refractivity contribution >= 4 is 12.0 Å². The first-order chi connectivity index (χ1) is 6.31. The van der Waals surface area contributed by atoms with Gasteiger partial charge in [0.05, 0.1) is 12.0 Å². The molecule has 0 rings (SSSR count). The van der Waals surface area contributed by atoms with Gasteiger partial charge in [-0.3, -0.25) is 0 Å². The Morgan fingerprint density at radius 2 is 1.20 bits per heavy atom. The molecule has 0 saturated heterocycles. The van der Waals surface area contributed by atoms with Crippen molar-refractivity contribution < 1.29 is 35.3 Å². The van der Waals surface area contributed by atoms with Gasteiger partial charge in [0.15, 0.2) is 0 Å². The van der Waals surface area contributed by atoms with E-state index in [0.29, 0.717) is 0 Å². The molecule has 0 radical (unpaired) electrons. The quantitative estimate of drug-likeness (QED) is 0.612. The summed E-state index contributed by atoms with van der Waals surface area (Å²) in [5.41, 5.74) is -4.88. The van der Waals surface area contributed by atoms with E-state index in [9.17, 15) is 30.7 Å². The van der Waals surface area contributed by atoms with E-state index in [1.165, 1.54) is 0 Å². The van der Waals surface area contributed by atoms with Crippen LogP contribution >= 0.6 is 12.0 Å². The van der Waals surface area contributed by atoms with Crippen LogP contribution < -0.4 is 0 Å². The Kier molecular flexibility index (Phi) is 3.64. The van der Waals surface area contributed by atoms with Gasteiger partial charge in [-0.15, -0.1) is 0 Å². The smallest absolute Gasteiger partial charge is 0.325 e. The van der Waals surface area contributed by atoms with Crippen molar-refractivity contribution in [1.29, 1.82) is 0 Å². The Labute approximate surface area is 84.8 Å². The van der Waals surface area contributed by atoms with Crippen molar-refractivity contribution in [3.05, 3.63) is 0 Å². The summed E-state index contributed by atoms with van der Waals surface area (Å²) in [6, 6.07) is 0. The predicted octanol–water partition coefficient (Wildman–Crippen LogP) is 3.80. The number of halogens is 7. The van der Waals surface area contributed by atoms with E-state index in [-0.39, 0.29) is 6.92 Å². The minimum atomic E-state index is -5.61. The molecule has 0 heterocycles. The maximum absolute atomic E-state index is 13.0. The first-order valence-corrected chi connectivity index (χ1v) is 4.23. The molecule has 15 heavy (non-hydrogen) atoms. The molecule has 1 N–H and O–H groups in total. The minimum Gasteiger partial charge on any atom is -0.325 e. The zero-order chi connectivity index (χ0) is 12.7. The average molecular weight is 260 g/mol. The SMILES string of the molecule is CC(F)(F)C(F)(F)C(C)(F)C(F)(F)SO. The Bertz CT molecular complexity index is 234. The molecule has 1 atom stereocenters. The molecule has 92 valence electrons. The fraction of sp³-hybridized carbons (Fsp3) is 1.00. The third-order valence-corrected chi connectivity index (χ3v) is 2.41. The Morgan fingerprint density at radius 1 is 0.867 bits per heavy atom. The highest BCUT2D eigenvalue weighted by Gasteiger charge is 2.75. The molecule has 0 aromatic rings. The standard InChI is InChI=1S/C6H7F7OS/c1-3(7,6(12,13)15-14)5(10,11)4(2,8)9/h14H,1-2H3. The summed E-state index contributed by atoms with van der Waals surface area (Å²) in [4.78, 5) is 0. The zero-order valence-corrected chi connectivity index (χ0v) is 8.32. The molecule has 1 nitrogen and oxygen atoms in total. The molecule has 0 amide bonds. The second-order valence-electron chi connectivity index (χ2n) is 3.07. The summed E-state index contributed by atoms with van der Waals surface area (Å²) in [7, 11) is 0. The summed E-state index contributed by atoms with van der Waals surface area (Å²) >= 11 is -1.54. The third kappa shape index (κ3) is 2.17. The lowest BCUT2D eigenvalue weighted by molar-refractivity contribution is -0.292. The minimum absolute atomic E-state index is 0.386. The Morgan fingerprint density at radius 3 is 1.40 bits per heavy atom. The van der Waals surface area contributed by atoms with Crippen molar-refractivity contribution in [3.8, 4) is 0 Å². The van der Waals surface area contributed by atoms with Gasteiger partial charge < -0.3 is 4.55 Å². The van der Waals surface area contributed by atoms with E-state index in [1.807, 2.05) is 0 Å². The molecule has 0 fully saturated rings. The number of rotatable bonds is 4. The second kappa shape index (κ2) is 3.69. The van der Waals surface area contributed by atoms with Crippen LogP contribution in [0.4, 0.5) is 30.7 Å².